The van der Waals surface area contributed by atoms with Gasteiger partial charge in [-0.3, -0.25) is 4.79 Å². The number of benzene rings is 1. The number of carbonyl (C=O) groups is 1. The van der Waals surface area contributed by atoms with Crippen LogP contribution >= 0.6 is 0 Å². The van der Waals surface area contributed by atoms with E-state index in [0.717, 1.165) is 5.56 Å². The fourth-order valence-electron chi connectivity index (χ4n) is 2.18. The maximum atomic E-state index is 10.9. The summed E-state index contributed by atoms with van der Waals surface area (Å²) in [7, 11) is 0. The van der Waals surface area contributed by atoms with Gasteiger partial charge in [0.1, 0.15) is 17.4 Å². The summed E-state index contributed by atoms with van der Waals surface area (Å²) in [5.41, 5.74) is 1.73. The zero-order valence-electron chi connectivity index (χ0n) is 11.7. The van der Waals surface area contributed by atoms with Crippen molar-refractivity contribution in [3.8, 4) is 17.1 Å². The van der Waals surface area contributed by atoms with Gasteiger partial charge in [0.2, 0.25) is 0 Å². The molecule has 2 aromatic heterocycles. The molecule has 110 valence electrons. The summed E-state index contributed by atoms with van der Waals surface area (Å²) in [6.07, 6.45) is 5.72. The molecule has 0 radical (unpaired) electrons. The standard InChI is InChI=1S/C16H14N4O2/c21-10-12-4-1-3-11(14(12)22)9-20-16-13(5-2-6-17-16)15-18-7-8-19-15/h1-8,10,22H,9H2,(H,17,20)(H,18,19). The van der Waals surface area contributed by atoms with Gasteiger partial charge >= 0.3 is 0 Å². The van der Waals surface area contributed by atoms with Gasteiger partial charge in [0.15, 0.2) is 6.29 Å². The first-order valence-corrected chi connectivity index (χ1v) is 6.74. The Bertz CT molecular complexity index is 785. The van der Waals surface area contributed by atoms with E-state index in [0.29, 0.717) is 30.0 Å². The van der Waals surface area contributed by atoms with Gasteiger partial charge in [-0.2, -0.15) is 0 Å². The molecule has 0 aliphatic heterocycles. The lowest BCUT2D eigenvalue weighted by Gasteiger charge is -2.11. The number of para-hydroxylation sites is 1. The van der Waals surface area contributed by atoms with E-state index in [-0.39, 0.29) is 11.3 Å². The van der Waals surface area contributed by atoms with Crippen molar-refractivity contribution in [1.29, 1.82) is 0 Å². The molecule has 2 heterocycles. The molecule has 1 aromatic carbocycles. The van der Waals surface area contributed by atoms with Gasteiger partial charge in [-0.15, -0.1) is 0 Å². The number of nitrogens with one attached hydrogen (secondary N) is 2. The summed E-state index contributed by atoms with van der Waals surface area (Å²) in [4.78, 5) is 22.4. The Morgan fingerprint density at radius 3 is 2.86 bits per heavy atom. The molecule has 6 heteroatoms. The molecule has 0 saturated heterocycles. The predicted octanol–water partition coefficient (Wildman–Crippen LogP) is 2.60. The van der Waals surface area contributed by atoms with Crippen molar-refractivity contribution in [3.05, 3.63) is 60.0 Å². The number of pyridine rings is 1. The lowest BCUT2D eigenvalue weighted by molar-refractivity contribution is 0.112. The predicted molar refractivity (Wildman–Crippen MR) is 82.6 cm³/mol. The van der Waals surface area contributed by atoms with E-state index in [4.69, 9.17) is 0 Å². The Morgan fingerprint density at radius 2 is 2.09 bits per heavy atom. The zero-order chi connectivity index (χ0) is 15.4. The van der Waals surface area contributed by atoms with Crippen LogP contribution in [0, 0.1) is 0 Å². The SMILES string of the molecule is O=Cc1cccc(CNc2ncccc2-c2ncc[nH]2)c1O. The molecule has 3 N–H and O–H groups in total. The highest BCUT2D eigenvalue weighted by Crippen LogP contribution is 2.25. The van der Waals surface area contributed by atoms with Gasteiger partial charge in [0, 0.05) is 30.7 Å². The number of aromatic amines is 1. The van der Waals surface area contributed by atoms with Gasteiger partial charge in [-0.05, 0) is 18.2 Å². The third-order valence-electron chi connectivity index (χ3n) is 3.29. The number of aromatic hydroxyl groups is 1. The number of imidazole rings is 1. The Balaban J connectivity index is 1.85. The number of hydrogen-bond donors (Lipinski definition) is 3. The van der Waals surface area contributed by atoms with Gasteiger partial charge in [0.05, 0.1) is 11.1 Å². The van der Waals surface area contributed by atoms with E-state index >= 15 is 0 Å². The fraction of sp³-hybridized carbons (Fsp3) is 0.0625. The van der Waals surface area contributed by atoms with Gasteiger partial charge < -0.3 is 15.4 Å². The average Bonchev–Trinajstić information content (AvgIpc) is 3.08. The molecule has 0 bridgehead atoms. The van der Waals surface area contributed by atoms with Gasteiger partial charge in [0.25, 0.3) is 0 Å². The van der Waals surface area contributed by atoms with Crippen molar-refractivity contribution in [2.45, 2.75) is 6.54 Å². The number of aldehydes is 1. The smallest absolute Gasteiger partial charge is 0.153 e. The highest BCUT2D eigenvalue weighted by atomic mass is 16.3. The first-order chi connectivity index (χ1) is 10.8. The van der Waals surface area contributed by atoms with Crippen molar-refractivity contribution in [2.24, 2.45) is 0 Å². The second kappa shape index (κ2) is 6.09. The minimum absolute atomic E-state index is 0.0134. The van der Waals surface area contributed by atoms with Gasteiger partial charge in [-0.25, -0.2) is 9.97 Å². The number of aromatic nitrogens is 3. The molecule has 3 aromatic rings. The summed E-state index contributed by atoms with van der Waals surface area (Å²) in [6, 6.07) is 8.78. The molecule has 0 amide bonds. The summed E-state index contributed by atoms with van der Waals surface area (Å²) < 4.78 is 0. The van der Waals surface area contributed by atoms with Crippen LogP contribution in [0.3, 0.4) is 0 Å². The lowest BCUT2D eigenvalue weighted by Crippen LogP contribution is -2.04. The number of phenolic OH excluding ortho intramolecular Hbond substituents is 1. The number of H-pyrrole nitrogens is 1. The maximum Gasteiger partial charge on any atom is 0.153 e. The third kappa shape index (κ3) is 2.67. The van der Waals surface area contributed by atoms with Crippen LogP contribution in [0.25, 0.3) is 11.4 Å². The third-order valence-corrected chi connectivity index (χ3v) is 3.29. The van der Waals surface area contributed by atoms with E-state index in [1.54, 1.807) is 36.8 Å². The molecular weight excluding hydrogens is 280 g/mol. The molecule has 22 heavy (non-hydrogen) atoms. The van der Waals surface area contributed by atoms with Crippen LogP contribution in [0.4, 0.5) is 5.82 Å². The number of phenols is 1. The Hall–Kier alpha value is -3.15. The van der Waals surface area contributed by atoms with Crippen LogP contribution in [0.1, 0.15) is 15.9 Å². The van der Waals surface area contributed by atoms with Crippen molar-refractivity contribution in [1.82, 2.24) is 15.0 Å². The van der Waals surface area contributed by atoms with Crippen LogP contribution in [0.15, 0.2) is 48.9 Å². The van der Waals surface area contributed by atoms with Crippen molar-refractivity contribution < 1.29 is 9.90 Å². The average molecular weight is 294 g/mol. The minimum Gasteiger partial charge on any atom is -0.507 e. The van der Waals surface area contributed by atoms with Crippen LogP contribution in [0.5, 0.6) is 5.75 Å². The first-order valence-electron chi connectivity index (χ1n) is 6.74. The Morgan fingerprint density at radius 1 is 1.18 bits per heavy atom. The maximum absolute atomic E-state index is 10.9. The molecule has 0 saturated carbocycles. The molecule has 0 spiro atoms. The number of hydrogen-bond acceptors (Lipinski definition) is 5. The highest BCUT2D eigenvalue weighted by molar-refractivity contribution is 5.80. The largest absolute Gasteiger partial charge is 0.507 e. The molecule has 0 aliphatic carbocycles. The number of nitrogens with zero attached hydrogens (tertiary/aromatic N) is 2. The van der Waals surface area contributed by atoms with Crippen LogP contribution in [-0.2, 0) is 6.54 Å². The minimum atomic E-state index is -0.0134. The first kappa shape index (κ1) is 13.8. The Kier molecular flexibility index (Phi) is 3.82. The summed E-state index contributed by atoms with van der Waals surface area (Å²) in [5.74, 6) is 1.34. The highest BCUT2D eigenvalue weighted by Gasteiger charge is 2.10. The zero-order valence-corrected chi connectivity index (χ0v) is 11.7. The fourth-order valence-corrected chi connectivity index (χ4v) is 2.18. The van der Waals surface area contributed by atoms with Crippen molar-refractivity contribution in [3.63, 3.8) is 0 Å². The van der Waals surface area contributed by atoms with Crippen molar-refractivity contribution in [2.75, 3.05) is 5.32 Å². The topological polar surface area (TPSA) is 90.9 Å². The van der Waals surface area contributed by atoms with E-state index in [1.165, 1.54) is 0 Å². The van der Waals surface area contributed by atoms with Crippen LogP contribution < -0.4 is 5.32 Å². The van der Waals surface area contributed by atoms with Gasteiger partial charge in [-0.1, -0.05) is 12.1 Å². The summed E-state index contributed by atoms with van der Waals surface area (Å²) >= 11 is 0. The van der Waals surface area contributed by atoms with Crippen LogP contribution in [0.2, 0.25) is 0 Å². The summed E-state index contributed by atoms with van der Waals surface area (Å²) in [5, 5.41) is 13.2. The van der Waals surface area contributed by atoms with E-state index < -0.39 is 0 Å². The Labute approximate surface area is 126 Å². The second-order valence-electron chi connectivity index (χ2n) is 4.66. The number of rotatable bonds is 5. The quantitative estimate of drug-likeness (QED) is 0.629. The monoisotopic (exact) mass is 294 g/mol. The molecule has 0 aliphatic rings. The summed E-state index contributed by atoms with van der Waals surface area (Å²) in [6.45, 7) is 0.345. The molecule has 0 fully saturated rings. The lowest BCUT2D eigenvalue weighted by atomic mass is 10.1. The normalized spacial score (nSPS) is 10.4. The molecule has 3 rings (SSSR count). The second-order valence-corrected chi connectivity index (χ2v) is 4.66. The molecule has 0 atom stereocenters. The molecule has 6 nitrogen and oxygen atoms in total. The van der Waals surface area contributed by atoms with Crippen molar-refractivity contribution >= 4 is 12.1 Å². The van der Waals surface area contributed by atoms with E-state index in [9.17, 15) is 9.90 Å². The van der Waals surface area contributed by atoms with Crippen LogP contribution in [-0.4, -0.2) is 26.3 Å². The molecular formula is C16H14N4O2. The number of carbonyl (C=O) groups excluding carboxylic acids is 1. The van der Waals surface area contributed by atoms with E-state index in [2.05, 4.69) is 20.3 Å². The number of anilines is 1. The van der Waals surface area contributed by atoms with E-state index in [1.807, 2.05) is 12.1 Å². The molecule has 0 unspecified atom stereocenters.